The first-order chi connectivity index (χ1) is 7.65. The summed E-state index contributed by atoms with van der Waals surface area (Å²) in [6, 6.07) is 7.93. The van der Waals surface area contributed by atoms with Crippen molar-refractivity contribution < 1.29 is 13.9 Å². The summed E-state index contributed by atoms with van der Waals surface area (Å²) in [6.45, 7) is 1.83. The molecule has 1 N–H and O–H groups in total. The van der Waals surface area contributed by atoms with Crippen LogP contribution in [0.3, 0.4) is 0 Å². The van der Waals surface area contributed by atoms with E-state index in [1.807, 2.05) is 6.92 Å². The van der Waals surface area contributed by atoms with E-state index in [9.17, 15) is 9.50 Å². The number of halogens is 1. The van der Waals surface area contributed by atoms with Crippen LogP contribution >= 0.6 is 0 Å². The first kappa shape index (κ1) is 10.9. The van der Waals surface area contributed by atoms with Gasteiger partial charge in [-0.25, -0.2) is 4.39 Å². The van der Waals surface area contributed by atoms with E-state index in [-0.39, 0.29) is 5.82 Å². The Labute approximate surface area is 93.3 Å². The molecule has 0 saturated carbocycles. The minimum Gasteiger partial charge on any atom is -0.469 e. The van der Waals surface area contributed by atoms with E-state index in [2.05, 4.69) is 0 Å². The van der Waals surface area contributed by atoms with E-state index < -0.39 is 6.10 Å². The number of rotatable bonds is 3. The Balaban J connectivity index is 2.07. The lowest BCUT2D eigenvalue weighted by atomic mass is 10.0. The minimum atomic E-state index is -0.608. The highest BCUT2D eigenvalue weighted by Gasteiger charge is 2.10. The van der Waals surface area contributed by atoms with Crippen LogP contribution in [0.5, 0.6) is 0 Å². The van der Waals surface area contributed by atoms with Crippen molar-refractivity contribution in [1.29, 1.82) is 0 Å². The van der Waals surface area contributed by atoms with Crippen molar-refractivity contribution in [2.75, 3.05) is 0 Å². The zero-order valence-corrected chi connectivity index (χ0v) is 8.98. The van der Waals surface area contributed by atoms with Crippen LogP contribution in [0.2, 0.25) is 0 Å². The molecule has 1 unspecified atom stereocenters. The third-order valence-corrected chi connectivity index (χ3v) is 2.48. The van der Waals surface area contributed by atoms with Gasteiger partial charge < -0.3 is 9.52 Å². The molecule has 1 heterocycles. The number of furan rings is 1. The van der Waals surface area contributed by atoms with Crippen molar-refractivity contribution >= 4 is 0 Å². The third kappa shape index (κ3) is 2.49. The highest BCUT2D eigenvalue weighted by Crippen LogP contribution is 2.20. The highest BCUT2D eigenvalue weighted by atomic mass is 19.1. The van der Waals surface area contributed by atoms with Crippen molar-refractivity contribution in [2.24, 2.45) is 0 Å². The molecule has 0 aliphatic heterocycles. The van der Waals surface area contributed by atoms with E-state index in [0.717, 1.165) is 16.9 Å². The fraction of sp³-hybridized carbons (Fsp3) is 0.231. The van der Waals surface area contributed by atoms with Crippen LogP contribution < -0.4 is 0 Å². The smallest absolute Gasteiger partial charge is 0.123 e. The Hall–Kier alpha value is -1.61. The molecule has 0 bridgehead atoms. The van der Waals surface area contributed by atoms with Crippen LogP contribution in [0.15, 0.2) is 41.0 Å². The monoisotopic (exact) mass is 220 g/mol. The van der Waals surface area contributed by atoms with Crippen molar-refractivity contribution in [3.05, 3.63) is 59.3 Å². The maximum absolute atomic E-state index is 12.7. The molecule has 2 aromatic rings. The Morgan fingerprint density at radius 1 is 1.31 bits per heavy atom. The van der Waals surface area contributed by atoms with E-state index in [1.165, 1.54) is 12.1 Å². The van der Waals surface area contributed by atoms with Gasteiger partial charge in [-0.05, 0) is 30.7 Å². The first-order valence-electron chi connectivity index (χ1n) is 5.12. The number of hydrogen-bond acceptors (Lipinski definition) is 2. The van der Waals surface area contributed by atoms with E-state index >= 15 is 0 Å². The molecule has 1 aromatic heterocycles. The number of aliphatic hydroxyl groups excluding tert-OH is 1. The predicted octanol–water partition coefficient (Wildman–Crippen LogP) is 3.00. The molecule has 84 valence electrons. The van der Waals surface area contributed by atoms with Gasteiger partial charge >= 0.3 is 0 Å². The van der Waals surface area contributed by atoms with Gasteiger partial charge in [-0.1, -0.05) is 12.1 Å². The summed E-state index contributed by atoms with van der Waals surface area (Å²) in [5, 5.41) is 9.90. The van der Waals surface area contributed by atoms with Gasteiger partial charge in [0.05, 0.1) is 12.4 Å². The van der Waals surface area contributed by atoms with Gasteiger partial charge in [0.15, 0.2) is 0 Å². The summed E-state index contributed by atoms with van der Waals surface area (Å²) in [6.07, 6.45) is 1.39. The van der Waals surface area contributed by atoms with Gasteiger partial charge in [0.25, 0.3) is 0 Å². The summed E-state index contributed by atoms with van der Waals surface area (Å²) in [5.41, 5.74) is 1.65. The molecular weight excluding hydrogens is 207 g/mol. The molecule has 2 nitrogen and oxygen atoms in total. The van der Waals surface area contributed by atoms with Crippen LogP contribution in [0, 0.1) is 12.7 Å². The Morgan fingerprint density at radius 2 is 2.00 bits per heavy atom. The van der Waals surface area contributed by atoms with Gasteiger partial charge in [0, 0.05) is 12.0 Å². The molecule has 0 saturated heterocycles. The Morgan fingerprint density at radius 3 is 2.56 bits per heavy atom. The molecule has 1 atom stereocenters. The fourth-order valence-electron chi connectivity index (χ4n) is 1.60. The second-order valence-corrected chi connectivity index (χ2v) is 3.84. The van der Waals surface area contributed by atoms with Crippen molar-refractivity contribution in [2.45, 2.75) is 19.4 Å². The van der Waals surface area contributed by atoms with Crippen molar-refractivity contribution in [3.8, 4) is 0 Å². The molecule has 3 heteroatoms. The summed E-state index contributed by atoms with van der Waals surface area (Å²) in [5.74, 6) is 0.505. The maximum Gasteiger partial charge on any atom is 0.123 e. The van der Waals surface area contributed by atoms with Gasteiger partial charge in [0.1, 0.15) is 11.6 Å². The fourth-order valence-corrected chi connectivity index (χ4v) is 1.60. The molecule has 0 amide bonds. The second-order valence-electron chi connectivity index (χ2n) is 3.84. The average molecular weight is 220 g/mol. The summed E-state index contributed by atoms with van der Waals surface area (Å²) in [4.78, 5) is 0. The van der Waals surface area contributed by atoms with Crippen molar-refractivity contribution in [3.63, 3.8) is 0 Å². The largest absolute Gasteiger partial charge is 0.469 e. The molecule has 0 fully saturated rings. The standard InChI is InChI=1S/C13H13FO2/c1-9-6-11(8-16-9)13(15)7-10-2-4-12(14)5-3-10/h2-6,8,13,15H,7H2,1H3. The minimum absolute atomic E-state index is 0.266. The van der Waals surface area contributed by atoms with E-state index in [4.69, 9.17) is 4.42 Å². The maximum atomic E-state index is 12.7. The van der Waals surface area contributed by atoms with Gasteiger partial charge in [-0.15, -0.1) is 0 Å². The first-order valence-corrected chi connectivity index (χ1v) is 5.12. The number of benzene rings is 1. The third-order valence-electron chi connectivity index (χ3n) is 2.48. The van der Waals surface area contributed by atoms with Gasteiger partial charge in [-0.2, -0.15) is 0 Å². The SMILES string of the molecule is Cc1cc(C(O)Cc2ccc(F)cc2)co1. The number of aryl methyl sites for hydroxylation is 1. The molecule has 1 aromatic carbocycles. The quantitative estimate of drug-likeness (QED) is 0.862. The van der Waals surface area contributed by atoms with Crippen molar-refractivity contribution in [1.82, 2.24) is 0 Å². The molecule has 0 spiro atoms. The van der Waals surface area contributed by atoms with Crippen LogP contribution in [0.25, 0.3) is 0 Å². The predicted molar refractivity (Wildman–Crippen MR) is 58.5 cm³/mol. The number of aliphatic hydroxyl groups is 1. The van der Waals surface area contributed by atoms with E-state index in [0.29, 0.717) is 6.42 Å². The van der Waals surface area contributed by atoms with Crippen LogP contribution in [-0.2, 0) is 6.42 Å². The highest BCUT2D eigenvalue weighted by molar-refractivity contribution is 5.21. The van der Waals surface area contributed by atoms with Crippen LogP contribution in [0.4, 0.5) is 4.39 Å². The molecule has 0 radical (unpaired) electrons. The Bertz CT molecular complexity index is 459. The molecular formula is C13H13FO2. The van der Waals surface area contributed by atoms with Crippen LogP contribution in [-0.4, -0.2) is 5.11 Å². The van der Waals surface area contributed by atoms with Crippen LogP contribution in [0.1, 0.15) is 23.0 Å². The normalized spacial score (nSPS) is 12.7. The molecule has 0 aliphatic carbocycles. The summed E-state index contributed by atoms with van der Waals surface area (Å²) < 4.78 is 17.8. The lowest BCUT2D eigenvalue weighted by molar-refractivity contribution is 0.177. The summed E-state index contributed by atoms with van der Waals surface area (Å²) >= 11 is 0. The lowest BCUT2D eigenvalue weighted by Gasteiger charge is -2.07. The average Bonchev–Trinajstić information content (AvgIpc) is 2.68. The summed E-state index contributed by atoms with van der Waals surface area (Å²) in [7, 11) is 0. The Kier molecular flexibility index (Phi) is 3.06. The zero-order valence-electron chi connectivity index (χ0n) is 8.98. The van der Waals surface area contributed by atoms with Gasteiger partial charge in [0.2, 0.25) is 0 Å². The molecule has 16 heavy (non-hydrogen) atoms. The topological polar surface area (TPSA) is 33.4 Å². The van der Waals surface area contributed by atoms with E-state index in [1.54, 1.807) is 24.5 Å². The van der Waals surface area contributed by atoms with Gasteiger partial charge in [-0.3, -0.25) is 0 Å². The lowest BCUT2D eigenvalue weighted by Crippen LogP contribution is -2.00. The molecule has 0 aliphatic rings. The number of hydrogen-bond donors (Lipinski definition) is 1. The zero-order chi connectivity index (χ0) is 11.5. The molecule has 2 rings (SSSR count). The second kappa shape index (κ2) is 4.49.